The van der Waals surface area contributed by atoms with Crippen LogP contribution in [0.1, 0.15) is 62.3 Å². The molecular formula is C19H41ClN2O5S. The maximum absolute atomic E-state index is 12.3. The molecule has 0 unspecified atom stereocenters. The van der Waals surface area contributed by atoms with Crippen molar-refractivity contribution in [2.24, 2.45) is 17.1 Å². The normalized spacial score (nSPS) is 16.5. The lowest BCUT2D eigenvalue weighted by atomic mass is 9.90. The molecule has 0 aliphatic heterocycles. The lowest BCUT2D eigenvalue weighted by Crippen LogP contribution is -2.51. The Kier molecular flexibility index (Phi) is 11.8. The zero-order chi connectivity index (χ0) is 21.8. The van der Waals surface area contributed by atoms with Crippen LogP contribution in [-0.4, -0.2) is 61.9 Å². The first kappa shape index (κ1) is 29.8. The molecular weight excluding hydrogens is 404 g/mol. The van der Waals surface area contributed by atoms with Gasteiger partial charge in [-0.1, -0.05) is 34.6 Å². The summed E-state index contributed by atoms with van der Waals surface area (Å²) >= 11 is 0. The van der Waals surface area contributed by atoms with Crippen molar-refractivity contribution in [3.05, 3.63) is 0 Å². The summed E-state index contributed by atoms with van der Waals surface area (Å²) in [6, 6.07) is -0.723. The van der Waals surface area contributed by atoms with Crippen LogP contribution in [0.3, 0.4) is 0 Å². The smallest absolute Gasteiger partial charge is 0.323 e. The molecule has 0 aromatic carbocycles. The Morgan fingerprint density at radius 2 is 1.54 bits per heavy atom. The molecule has 7 nitrogen and oxygen atoms in total. The van der Waals surface area contributed by atoms with Crippen LogP contribution >= 0.6 is 12.4 Å². The molecule has 0 heterocycles. The number of hydrogen-bond donors (Lipinski definition) is 1. The van der Waals surface area contributed by atoms with Crippen LogP contribution in [-0.2, 0) is 24.3 Å². The number of carbonyl (C=O) groups excluding carboxylic acids is 1. The lowest BCUT2D eigenvalue weighted by molar-refractivity contribution is -0.154. The van der Waals surface area contributed by atoms with Gasteiger partial charge in [0.2, 0.25) is 10.0 Å². The molecule has 0 saturated carbocycles. The second-order valence-electron chi connectivity index (χ2n) is 9.63. The first-order valence-corrected chi connectivity index (χ1v) is 11.3. The number of esters is 1. The quantitative estimate of drug-likeness (QED) is 0.549. The van der Waals surface area contributed by atoms with Crippen LogP contribution in [0.4, 0.5) is 0 Å². The van der Waals surface area contributed by atoms with Crippen molar-refractivity contribution in [2.45, 2.75) is 86.1 Å². The molecule has 0 aromatic heterocycles. The van der Waals surface area contributed by atoms with Gasteiger partial charge in [-0.3, -0.25) is 4.79 Å². The summed E-state index contributed by atoms with van der Waals surface area (Å²) in [4.78, 5) is 12.1. The number of hydrogen-bond acceptors (Lipinski definition) is 6. The highest BCUT2D eigenvalue weighted by atomic mass is 35.5. The summed E-state index contributed by atoms with van der Waals surface area (Å²) in [5.41, 5.74) is 5.06. The van der Waals surface area contributed by atoms with Crippen LogP contribution in [0.5, 0.6) is 0 Å². The van der Waals surface area contributed by atoms with Gasteiger partial charge in [-0.2, -0.15) is 4.31 Å². The maximum atomic E-state index is 12.3. The van der Waals surface area contributed by atoms with E-state index in [0.29, 0.717) is 0 Å². The number of carbonyl (C=O) groups is 1. The van der Waals surface area contributed by atoms with E-state index in [-0.39, 0.29) is 43.0 Å². The largest absolute Gasteiger partial charge is 0.462 e. The molecule has 0 fully saturated rings. The van der Waals surface area contributed by atoms with Gasteiger partial charge in [0, 0.05) is 12.1 Å². The van der Waals surface area contributed by atoms with Crippen molar-refractivity contribution in [1.82, 2.24) is 4.31 Å². The van der Waals surface area contributed by atoms with Crippen molar-refractivity contribution in [2.75, 3.05) is 19.4 Å². The van der Waals surface area contributed by atoms with E-state index in [1.807, 2.05) is 62.3 Å². The average Bonchev–Trinajstić information content (AvgIpc) is 2.44. The van der Waals surface area contributed by atoms with Gasteiger partial charge in [-0.25, -0.2) is 8.42 Å². The predicted molar refractivity (Wildman–Crippen MR) is 116 cm³/mol. The Balaban J connectivity index is 0. The summed E-state index contributed by atoms with van der Waals surface area (Å²) in [5, 5.41) is 0. The molecule has 9 heteroatoms. The fourth-order valence-corrected chi connectivity index (χ4v) is 3.69. The molecule has 0 aliphatic carbocycles. The zero-order valence-electron chi connectivity index (χ0n) is 19.1. The minimum absolute atomic E-state index is 0. The number of nitrogens with zero attached hydrogens (tertiary/aromatic N) is 1. The van der Waals surface area contributed by atoms with E-state index >= 15 is 0 Å². The Bertz CT molecular complexity index is 582. The highest BCUT2D eigenvalue weighted by molar-refractivity contribution is 7.88. The van der Waals surface area contributed by atoms with Crippen molar-refractivity contribution in [3.8, 4) is 0 Å². The first-order valence-electron chi connectivity index (χ1n) is 9.42. The van der Waals surface area contributed by atoms with Gasteiger partial charge in [0.15, 0.2) is 0 Å². The van der Waals surface area contributed by atoms with Crippen LogP contribution in [0.2, 0.25) is 0 Å². The third-order valence-corrected chi connectivity index (χ3v) is 6.03. The summed E-state index contributed by atoms with van der Waals surface area (Å²) in [6.45, 7) is 17.2. The zero-order valence-corrected chi connectivity index (χ0v) is 20.7. The fraction of sp³-hybridized carbons (Fsp3) is 0.947. The number of nitrogens with two attached hydrogens (primary N) is 1. The lowest BCUT2D eigenvalue weighted by Gasteiger charge is -2.38. The van der Waals surface area contributed by atoms with Gasteiger partial charge in [0.05, 0.1) is 12.4 Å². The molecule has 0 saturated heterocycles. The minimum atomic E-state index is -3.47. The van der Waals surface area contributed by atoms with Gasteiger partial charge >= 0.3 is 5.97 Å². The third kappa shape index (κ3) is 10.4. The Morgan fingerprint density at radius 1 is 1.07 bits per heavy atom. The molecule has 3 atom stereocenters. The summed E-state index contributed by atoms with van der Waals surface area (Å²) in [7, 11) is -3.47. The van der Waals surface area contributed by atoms with E-state index in [1.54, 1.807) is 0 Å². The van der Waals surface area contributed by atoms with Crippen molar-refractivity contribution >= 4 is 28.4 Å². The average molecular weight is 445 g/mol. The van der Waals surface area contributed by atoms with Crippen molar-refractivity contribution < 1.29 is 22.7 Å². The first-order chi connectivity index (χ1) is 11.9. The van der Waals surface area contributed by atoms with E-state index in [4.69, 9.17) is 15.2 Å². The highest BCUT2D eigenvalue weighted by Crippen LogP contribution is 2.25. The molecule has 28 heavy (non-hydrogen) atoms. The van der Waals surface area contributed by atoms with E-state index in [2.05, 4.69) is 0 Å². The number of ether oxygens (including phenoxy) is 2. The SMILES string of the molecule is CC(C)[C@H](N)C(=O)OC[C@H](CN(C(C)(C)C)S(C)(=O)=O)O[C@@H](C)C(C)(C)C.Cl. The summed E-state index contributed by atoms with van der Waals surface area (Å²) < 4.78 is 37.4. The molecule has 0 amide bonds. The monoisotopic (exact) mass is 444 g/mol. The second-order valence-corrected chi connectivity index (χ2v) is 11.5. The van der Waals surface area contributed by atoms with E-state index in [0.717, 1.165) is 0 Å². The van der Waals surface area contributed by atoms with Crippen molar-refractivity contribution in [1.29, 1.82) is 0 Å². The van der Waals surface area contributed by atoms with Gasteiger partial charge in [0.1, 0.15) is 18.8 Å². The Labute approximate surface area is 178 Å². The highest BCUT2D eigenvalue weighted by Gasteiger charge is 2.34. The van der Waals surface area contributed by atoms with Crippen LogP contribution in [0.25, 0.3) is 0 Å². The maximum Gasteiger partial charge on any atom is 0.323 e. The predicted octanol–water partition coefficient (Wildman–Crippen LogP) is 2.81. The van der Waals surface area contributed by atoms with E-state index < -0.39 is 33.7 Å². The molecule has 170 valence electrons. The van der Waals surface area contributed by atoms with E-state index in [9.17, 15) is 13.2 Å². The van der Waals surface area contributed by atoms with Gasteiger partial charge in [-0.05, 0) is 39.0 Å². The van der Waals surface area contributed by atoms with Crippen LogP contribution in [0.15, 0.2) is 0 Å². The van der Waals surface area contributed by atoms with Crippen molar-refractivity contribution in [3.63, 3.8) is 0 Å². The number of rotatable bonds is 9. The molecule has 0 bridgehead atoms. The number of halogens is 1. The van der Waals surface area contributed by atoms with Crippen LogP contribution < -0.4 is 5.73 Å². The molecule has 0 radical (unpaired) electrons. The number of sulfonamides is 1. The standard InChI is InChI=1S/C19H40N2O5S.ClH/c1-13(2)16(20)17(22)25-12-15(26-14(3)18(4,5)6)11-21(19(7,8)9)27(10,23)24;/h13-16H,11-12,20H2,1-10H3;1H/t14-,15-,16-;/m0./s1. The van der Waals surface area contributed by atoms with Gasteiger partial charge in [0.25, 0.3) is 0 Å². The van der Waals surface area contributed by atoms with Gasteiger partial charge in [-0.15, -0.1) is 12.4 Å². The third-order valence-electron chi connectivity index (χ3n) is 4.54. The molecule has 2 N–H and O–H groups in total. The Hall–Kier alpha value is -0.410. The molecule has 0 aromatic rings. The summed E-state index contributed by atoms with van der Waals surface area (Å²) in [5.74, 6) is -0.559. The minimum Gasteiger partial charge on any atom is -0.462 e. The Morgan fingerprint density at radius 3 is 1.86 bits per heavy atom. The van der Waals surface area contributed by atoms with Crippen LogP contribution in [0, 0.1) is 11.3 Å². The molecule has 0 rings (SSSR count). The van der Waals surface area contributed by atoms with E-state index in [1.165, 1.54) is 10.6 Å². The molecule has 0 spiro atoms. The topological polar surface area (TPSA) is 98.9 Å². The summed E-state index contributed by atoms with van der Waals surface area (Å²) in [6.07, 6.45) is 0.404. The second kappa shape index (κ2) is 11.1. The fourth-order valence-electron chi connectivity index (χ4n) is 2.26. The molecule has 0 aliphatic rings. The van der Waals surface area contributed by atoms with Gasteiger partial charge < -0.3 is 15.2 Å².